The number of aromatic nitrogens is 2. The molecular formula is C19H26N4O2. The van der Waals surface area contributed by atoms with Gasteiger partial charge in [0.1, 0.15) is 5.82 Å². The third-order valence-corrected chi connectivity index (χ3v) is 3.53. The van der Waals surface area contributed by atoms with Crippen LogP contribution in [0.15, 0.2) is 30.3 Å². The molecule has 6 nitrogen and oxygen atoms in total. The lowest BCUT2D eigenvalue weighted by molar-refractivity contribution is 0.0526. The molecule has 0 aliphatic rings. The zero-order valence-corrected chi connectivity index (χ0v) is 15.3. The van der Waals surface area contributed by atoms with E-state index in [2.05, 4.69) is 34.4 Å². The topological polar surface area (TPSA) is 76.1 Å². The minimum Gasteiger partial charge on any atom is -0.462 e. The Balaban J connectivity index is 2.04. The fourth-order valence-corrected chi connectivity index (χ4v) is 2.24. The molecule has 6 heteroatoms. The van der Waals surface area contributed by atoms with Crippen LogP contribution in [0.4, 0.5) is 17.5 Å². The standard InChI is InChI=1S/C19H26N4O2/c1-5-25-18(24)15-6-8-16(9-7-15)22-19-21-14(4)12-17(23-19)20-11-10-13(2)3/h6-9,12-13H,5,10-11H2,1-4H3,(H2,20,21,22,23). The summed E-state index contributed by atoms with van der Waals surface area (Å²) in [6.45, 7) is 9.35. The molecule has 0 saturated carbocycles. The molecule has 2 aromatic rings. The Labute approximate surface area is 149 Å². The first-order valence-electron chi connectivity index (χ1n) is 8.61. The van der Waals surface area contributed by atoms with E-state index in [1.54, 1.807) is 19.1 Å². The van der Waals surface area contributed by atoms with Crippen LogP contribution in [0.5, 0.6) is 0 Å². The van der Waals surface area contributed by atoms with Gasteiger partial charge in [0.2, 0.25) is 5.95 Å². The number of ether oxygens (including phenoxy) is 1. The van der Waals surface area contributed by atoms with Crippen molar-refractivity contribution in [1.82, 2.24) is 9.97 Å². The number of hydrogen-bond donors (Lipinski definition) is 2. The summed E-state index contributed by atoms with van der Waals surface area (Å²) >= 11 is 0. The lowest BCUT2D eigenvalue weighted by Crippen LogP contribution is -2.08. The van der Waals surface area contributed by atoms with Gasteiger partial charge in [0, 0.05) is 24.0 Å². The van der Waals surface area contributed by atoms with E-state index in [0.717, 1.165) is 30.2 Å². The van der Waals surface area contributed by atoms with Crippen LogP contribution in [0.25, 0.3) is 0 Å². The zero-order valence-electron chi connectivity index (χ0n) is 15.3. The van der Waals surface area contributed by atoms with E-state index in [1.165, 1.54) is 0 Å². The molecule has 1 aromatic heterocycles. The maximum absolute atomic E-state index is 11.7. The Morgan fingerprint density at radius 1 is 1.20 bits per heavy atom. The van der Waals surface area contributed by atoms with Gasteiger partial charge < -0.3 is 15.4 Å². The van der Waals surface area contributed by atoms with Gasteiger partial charge in [0.15, 0.2) is 0 Å². The fraction of sp³-hybridized carbons (Fsp3) is 0.421. The number of esters is 1. The highest BCUT2D eigenvalue weighted by molar-refractivity contribution is 5.89. The minimum absolute atomic E-state index is 0.322. The average Bonchev–Trinajstić information content (AvgIpc) is 2.55. The summed E-state index contributed by atoms with van der Waals surface area (Å²) in [7, 11) is 0. The number of aryl methyl sites for hydroxylation is 1. The van der Waals surface area contributed by atoms with Crippen LogP contribution in [0.1, 0.15) is 43.2 Å². The van der Waals surface area contributed by atoms with Gasteiger partial charge >= 0.3 is 5.97 Å². The van der Waals surface area contributed by atoms with E-state index in [1.807, 2.05) is 25.1 Å². The van der Waals surface area contributed by atoms with Crippen LogP contribution in [0.2, 0.25) is 0 Å². The Bertz CT molecular complexity index is 699. The first kappa shape index (κ1) is 18.7. The van der Waals surface area contributed by atoms with Crippen LogP contribution < -0.4 is 10.6 Å². The Kier molecular flexibility index (Phi) is 6.74. The SMILES string of the molecule is CCOC(=O)c1ccc(Nc2nc(C)cc(NCCC(C)C)n2)cc1. The van der Waals surface area contributed by atoms with Crippen molar-refractivity contribution in [3.05, 3.63) is 41.6 Å². The lowest BCUT2D eigenvalue weighted by Gasteiger charge is -2.11. The van der Waals surface area contributed by atoms with Crippen LogP contribution >= 0.6 is 0 Å². The first-order chi connectivity index (χ1) is 12.0. The molecule has 1 heterocycles. The fourth-order valence-electron chi connectivity index (χ4n) is 2.24. The highest BCUT2D eigenvalue weighted by atomic mass is 16.5. The van der Waals surface area contributed by atoms with Crippen molar-refractivity contribution in [2.75, 3.05) is 23.8 Å². The van der Waals surface area contributed by atoms with Crippen molar-refractivity contribution in [3.63, 3.8) is 0 Å². The molecule has 0 fully saturated rings. The van der Waals surface area contributed by atoms with Gasteiger partial charge in [-0.15, -0.1) is 0 Å². The van der Waals surface area contributed by atoms with E-state index in [0.29, 0.717) is 24.0 Å². The largest absolute Gasteiger partial charge is 0.462 e. The van der Waals surface area contributed by atoms with Crippen molar-refractivity contribution in [3.8, 4) is 0 Å². The Hall–Kier alpha value is -2.63. The third-order valence-electron chi connectivity index (χ3n) is 3.53. The minimum atomic E-state index is -0.322. The summed E-state index contributed by atoms with van der Waals surface area (Å²) in [6.07, 6.45) is 1.08. The van der Waals surface area contributed by atoms with Gasteiger partial charge in [0.05, 0.1) is 12.2 Å². The molecule has 0 atom stereocenters. The predicted octanol–water partition coefficient (Wildman–Crippen LogP) is 4.16. The van der Waals surface area contributed by atoms with Gasteiger partial charge in [-0.1, -0.05) is 13.8 Å². The predicted molar refractivity (Wildman–Crippen MR) is 100 cm³/mol. The molecule has 134 valence electrons. The summed E-state index contributed by atoms with van der Waals surface area (Å²) in [5.41, 5.74) is 2.22. The number of carbonyl (C=O) groups is 1. The summed E-state index contributed by atoms with van der Waals surface area (Å²) in [5, 5.41) is 6.50. The second kappa shape index (κ2) is 9.01. The molecular weight excluding hydrogens is 316 g/mol. The number of hydrogen-bond acceptors (Lipinski definition) is 6. The maximum Gasteiger partial charge on any atom is 0.338 e. The number of carbonyl (C=O) groups excluding carboxylic acids is 1. The number of anilines is 3. The molecule has 0 aliphatic carbocycles. The van der Waals surface area contributed by atoms with Gasteiger partial charge in [-0.2, -0.15) is 4.98 Å². The van der Waals surface area contributed by atoms with Gasteiger partial charge in [-0.3, -0.25) is 0 Å². The van der Waals surface area contributed by atoms with E-state index < -0.39 is 0 Å². The summed E-state index contributed by atoms with van der Waals surface area (Å²) in [4.78, 5) is 20.6. The molecule has 2 rings (SSSR count). The molecule has 0 unspecified atom stereocenters. The van der Waals surface area contributed by atoms with Crippen LogP contribution in [-0.4, -0.2) is 29.1 Å². The normalized spacial score (nSPS) is 10.6. The van der Waals surface area contributed by atoms with E-state index in [-0.39, 0.29) is 5.97 Å². The van der Waals surface area contributed by atoms with Crippen LogP contribution in [-0.2, 0) is 4.74 Å². The molecule has 1 aromatic carbocycles. The number of rotatable bonds is 8. The summed E-state index contributed by atoms with van der Waals surface area (Å²) < 4.78 is 4.98. The molecule has 0 saturated heterocycles. The van der Waals surface area contributed by atoms with Crippen molar-refractivity contribution in [1.29, 1.82) is 0 Å². The summed E-state index contributed by atoms with van der Waals surface area (Å²) in [5.74, 6) is 1.65. The van der Waals surface area contributed by atoms with Crippen molar-refractivity contribution in [2.24, 2.45) is 5.92 Å². The van der Waals surface area contributed by atoms with Crippen LogP contribution in [0, 0.1) is 12.8 Å². The molecule has 0 spiro atoms. The van der Waals surface area contributed by atoms with Crippen molar-refractivity contribution in [2.45, 2.75) is 34.1 Å². The van der Waals surface area contributed by atoms with Gasteiger partial charge in [-0.05, 0) is 50.5 Å². The lowest BCUT2D eigenvalue weighted by atomic mass is 10.1. The highest BCUT2D eigenvalue weighted by Gasteiger charge is 2.07. The second-order valence-corrected chi connectivity index (χ2v) is 6.25. The monoisotopic (exact) mass is 342 g/mol. The Morgan fingerprint density at radius 3 is 2.56 bits per heavy atom. The number of nitrogens with one attached hydrogen (secondary N) is 2. The molecule has 0 radical (unpaired) electrons. The zero-order chi connectivity index (χ0) is 18.2. The quantitative estimate of drug-likeness (QED) is 0.702. The van der Waals surface area contributed by atoms with Crippen LogP contribution in [0.3, 0.4) is 0 Å². The first-order valence-corrected chi connectivity index (χ1v) is 8.61. The third kappa shape index (κ3) is 6.06. The number of benzene rings is 1. The molecule has 0 amide bonds. The maximum atomic E-state index is 11.7. The molecule has 2 N–H and O–H groups in total. The van der Waals surface area contributed by atoms with Gasteiger partial charge in [0.25, 0.3) is 0 Å². The van der Waals surface area contributed by atoms with E-state index >= 15 is 0 Å². The molecule has 0 bridgehead atoms. The van der Waals surface area contributed by atoms with Gasteiger partial charge in [-0.25, -0.2) is 9.78 Å². The van der Waals surface area contributed by atoms with Crippen molar-refractivity contribution < 1.29 is 9.53 Å². The number of nitrogens with zero attached hydrogens (tertiary/aromatic N) is 2. The molecule has 0 aliphatic heterocycles. The second-order valence-electron chi connectivity index (χ2n) is 6.25. The van der Waals surface area contributed by atoms with E-state index in [4.69, 9.17) is 4.74 Å². The van der Waals surface area contributed by atoms with Crippen molar-refractivity contribution >= 4 is 23.4 Å². The van der Waals surface area contributed by atoms with E-state index in [9.17, 15) is 4.79 Å². The summed E-state index contributed by atoms with van der Waals surface area (Å²) in [6, 6.07) is 8.98. The average molecular weight is 342 g/mol. The highest BCUT2D eigenvalue weighted by Crippen LogP contribution is 2.17. The Morgan fingerprint density at radius 2 is 1.92 bits per heavy atom. The molecule has 25 heavy (non-hydrogen) atoms. The smallest absolute Gasteiger partial charge is 0.338 e.